The Balaban J connectivity index is 1.88. The van der Waals surface area contributed by atoms with Crippen molar-refractivity contribution in [3.05, 3.63) is 24.8 Å². The molecule has 2 heterocycles. The highest BCUT2D eigenvalue weighted by molar-refractivity contribution is 8.13. The van der Waals surface area contributed by atoms with Gasteiger partial charge in [-0.05, 0) is 6.42 Å². The molecular formula is C9H10S2. The van der Waals surface area contributed by atoms with Crippen LogP contribution in [0.15, 0.2) is 24.8 Å². The Hall–Kier alpha value is 0.180. The fraction of sp³-hybridized carbons (Fsp3) is 0.556. The van der Waals surface area contributed by atoms with Gasteiger partial charge < -0.3 is 0 Å². The predicted molar refractivity (Wildman–Crippen MR) is 53.2 cm³/mol. The van der Waals surface area contributed by atoms with Gasteiger partial charge in [-0.15, -0.1) is 30.1 Å². The summed E-state index contributed by atoms with van der Waals surface area (Å²) in [6, 6.07) is 0. The Bertz CT molecular complexity index is 246. The molecule has 3 aliphatic rings. The fourth-order valence-corrected chi connectivity index (χ4v) is 4.95. The molecule has 0 bridgehead atoms. The quantitative estimate of drug-likeness (QED) is 0.475. The van der Waals surface area contributed by atoms with E-state index in [1.807, 2.05) is 0 Å². The molecule has 0 N–H and O–H groups in total. The van der Waals surface area contributed by atoms with E-state index >= 15 is 0 Å². The topological polar surface area (TPSA) is 0 Å². The Kier molecular flexibility index (Phi) is 1.16. The van der Waals surface area contributed by atoms with E-state index in [9.17, 15) is 0 Å². The van der Waals surface area contributed by atoms with Gasteiger partial charge in [-0.2, -0.15) is 0 Å². The van der Waals surface area contributed by atoms with Crippen LogP contribution in [0, 0.1) is 0 Å². The van der Waals surface area contributed by atoms with Gasteiger partial charge in [0, 0.05) is 15.7 Å². The van der Waals surface area contributed by atoms with E-state index in [0.29, 0.717) is 4.75 Å². The van der Waals surface area contributed by atoms with Crippen LogP contribution in [0.4, 0.5) is 0 Å². The van der Waals surface area contributed by atoms with Crippen LogP contribution in [0.1, 0.15) is 6.42 Å². The summed E-state index contributed by atoms with van der Waals surface area (Å²) in [7, 11) is 0. The van der Waals surface area contributed by atoms with E-state index in [1.54, 1.807) is 0 Å². The van der Waals surface area contributed by atoms with Crippen LogP contribution in [0.2, 0.25) is 0 Å². The standard InChI is InChI=1S/C9H10S2/c1-2-4-9-5-3-6-7(10-6)8(9)11-9/h2-3,5-8H,1,4H2. The van der Waals surface area contributed by atoms with Crippen LogP contribution in [-0.2, 0) is 0 Å². The van der Waals surface area contributed by atoms with Crippen molar-refractivity contribution >= 4 is 23.5 Å². The molecule has 0 aromatic rings. The van der Waals surface area contributed by atoms with Crippen LogP contribution < -0.4 is 0 Å². The summed E-state index contributed by atoms with van der Waals surface area (Å²) >= 11 is 4.27. The van der Waals surface area contributed by atoms with Gasteiger partial charge in [-0.1, -0.05) is 18.2 Å². The first-order chi connectivity index (χ1) is 5.36. The zero-order chi connectivity index (χ0) is 7.47. The predicted octanol–water partition coefficient (Wildman–Crippen LogP) is 2.47. The number of hydrogen-bond acceptors (Lipinski definition) is 2. The first-order valence-corrected chi connectivity index (χ1v) is 5.81. The number of fused-ring (bicyclic) bond motifs is 3. The largest absolute Gasteiger partial charge is 0.147 e. The molecule has 2 fully saturated rings. The SMILES string of the molecule is C=CCC12C=CC3SC3C1S2. The van der Waals surface area contributed by atoms with Crippen molar-refractivity contribution < 1.29 is 0 Å². The molecule has 4 unspecified atom stereocenters. The van der Waals surface area contributed by atoms with E-state index in [-0.39, 0.29) is 0 Å². The van der Waals surface area contributed by atoms with Gasteiger partial charge in [-0.25, -0.2) is 0 Å². The Morgan fingerprint density at radius 1 is 1.64 bits per heavy atom. The van der Waals surface area contributed by atoms with Crippen molar-refractivity contribution in [3.8, 4) is 0 Å². The number of rotatable bonds is 2. The molecule has 0 aromatic carbocycles. The molecule has 0 aromatic heterocycles. The normalized spacial score (nSPS) is 56.2. The van der Waals surface area contributed by atoms with Crippen molar-refractivity contribution in [1.29, 1.82) is 0 Å². The van der Waals surface area contributed by atoms with Gasteiger partial charge in [0.25, 0.3) is 0 Å². The van der Waals surface area contributed by atoms with E-state index in [0.717, 1.165) is 15.7 Å². The molecule has 0 spiro atoms. The van der Waals surface area contributed by atoms with Crippen LogP contribution >= 0.6 is 23.5 Å². The van der Waals surface area contributed by atoms with Crippen molar-refractivity contribution in [2.75, 3.05) is 0 Å². The van der Waals surface area contributed by atoms with Crippen LogP contribution in [0.5, 0.6) is 0 Å². The second kappa shape index (κ2) is 1.91. The average Bonchev–Trinajstić information content (AvgIpc) is 2.79. The highest BCUT2D eigenvalue weighted by atomic mass is 32.2. The number of hydrogen-bond donors (Lipinski definition) is 0. The lowest BCUT2D eigenvalue weighted by Gasteiger charge is -2.09. The molecular weight excluding hydrogens is 172 g/mol. The van der Waals surface area contributed by atoms with E-state index < -0.39 is 0 Å². The van der Waals surface area contributed by atoms with Crippen molar-refractivity contribution in [2.45, 2.75) is 26.9 Å². The Morgan fingerprint density at radius 3 is 3.36 bits per heavy atom. The molecule has 0 saturated carbocycles. The maximum Gasteiger partial charge on any atom is 0.0507 e. The van der Waals surface area contributed by atoms with Gasteiger partial charge in [0.15, 0.2) is 0 Å². The second-order valence-electron chi connectivity index (χ2n) is 3.41. The van der Waals surface area contributed by atoms with Gasteiger partial charge in [0.1, 0.15) is 0 Å². The Morgan fingerprint density at radius 2 is 2.55 bits per heavy atom. The molecule has 58 valence electrons. The summed E-state index contributed by atoms with van der Waals surface area (Å²) in [4.78, 5) is 0. The minimum Gasteiger partial charge on any atom is -0.147 e. The van der Waals surface area contributed by atoms with Crippen molar-refractivity contribution in [3.63, 3.8) is 0 Å². The molecule has 0 nitrogen and oxygen atoms in total. The molecule has 0 radical (unpaired) electrons. The first-order valence-electron chi connectivity index (χ1n) is 3.99. The maximum atomic E-state index is 3.81. The molecule has 1 aliphatic carbocycles. The summed E-state index contributed by atoms with van der Waals surface area (Å²) in [5.74, 6) is 0. The third kappa shape index (κ3) is 0.800. The highest BCUT2D eigenvalue weighted by Crippen LogP contribution is 2.70. The summed E-state index contributed by atoms with van der Waals surface area (Å²) in [6.45, 7) is 3.81. The minimum absolute atomic E-state index is 0.506. The summed E-state index contributed by atoms with van der Waals surface area (Å²) < 4.78 is 0.506. The molecule has 4 atom stereocenters. The van der Waals surface area contributed by atoms with E-state index in [1.165, 1.54) is 6.42 Å². The van der Waals surface area contributed by atoms with Gasteiger partial charge in [0.05, 0.1) is 4.75 Å². The molecule has 2 saturated heterocycles. The zero-order valence-corrected chi connectivity index (χ0v) is 7.83. The fourth-order valence-electron chi connectivity index (χ4n) is 1.93. The molecule has 3 rings (SSSR count). The van der Waals surface area contributed by atoms with Gasteiger partial charge >= 0.3 is 0 Å². The van der Waals surface area contributed by atoms with Crippen LogP contribution in [-0.4, -0.2) is 20.5 Å². The summed E-state index contributed by atoms with van der Waals surface area (Å²) in [5.41, 5.74) is 0. The maximum absolute atomic E-state index is 3.81. The molecule has 2 heteroatoms. The highest BCUT2D eigenvalue weighted by Gasteiger charge is 2.65. The Labute approximate surface area is 75.5 Å². The first kappa shape index (κ1) is 6.67. The van der Waals surface area contributed by atoms with Gasteiger partial charge in [0.2, 0.25) is 0 Å². The lowest BCUT2D eigenvalue weighted by atomic mass is 9.93. The lowest BCUT2D eigenvalue weighted by Crippen LogP contribution is -2.19. The summed E-state index contributed by atoms with van der Waals surface area (Å²) in [6.07, 6.45) is 8.05. The summed E-state index contributed by atoms with van der Waals surface area (Å²) in [5, 5.41) is 2.78. The second-order valence-corrected chi connectivity index (χ2v) is 6.28. The van der Waals surface area contributed by atoms with Crippen LogP contribution in [0.25, 0.3) is 0 Å². The molecule has 2 aliphatic heterocycles. The van der Waals surface area contributed by atoms with Crippen molar-refractivity contribution in [2.24, 2.45) is 0 Å². The smallest absolute Gasteiger partial charge is 0.0507 e. The van der Waals surface area contributed by atoms with E-state index in [2.05, 4.69) is 48.3 Å². The van der Waals surface area contributed by atoms with Crippen molar-refractivity contribution in [1.82, 2.24) is 0 Å². The van der Waals surface area contributed by atoms with Crippen LogP contribution in [0.3, 0.4) is 0 Å². The molecule has 11 heavy (non-hydrogen) atoms. The van der Waals surface area contributed by atoms with Gasteiger partial charge in [-0.3, -0.25) is 0 Å². The monoisotopic (exact) mass is 182 g/mol. The third-order valence-electron chi connectivity index (χ3n) is 2.66. The lowest BCUT2D eigenvalue weighted by molar-refractivity contribution is 0.739. The number of allylic oxidation sites excluding steroid dienone is 1. The minimum atomic E-state index is 0.506. The zero-order valence-electron chi connectivity index (χ0n) is 6.19. The molecule has 0 amide bonds. The van der Waals surface area contributed by atoms with E-state index in [4.69, 9.17) is 0 Å². The third-order valence-corrected chi connectivity index (χ3v) is 5.87. The number of thioether (sulfide) groups is 2. The average molecular weight is 182 g/mol.